The minimum atomic E-state index is -3.47. The van der Waals surface area contributed by atoms with Gasteiger partial charge in [0.2, 0.25) is 10.0 Å². The Kier molecular flexibility index (Phi) is 6.41. The number of amides is 2. The molecule has 6 nitrogen and oxygen atoms in total. The molecule has 2 rings (SSSR count). The molecule has 0 unspecified atom stereocenters. The molecule has 0 heterocycles. The zero-order chi connectivity index (χ0) is 16.7. The molecule has 0 bridgehead atoms. The van der Waals surface area contributed by atoms with Crippen molar-refractivity contribution in [3.63, 3.8) is 0 Å². The summed E-state index contributed by atoms with van der Waals surface area (Å²) in [5.74, 6) is 0. The zero-order valence-corrected chi connectivity index (χ0v) is 14.3. The third-order valence-electron chi connectivity index (χ3n) is 3.90. The molecular weight excluding hydrogens is 314 g/mol. The fourth-order valence-electron chi connectivity index (χ4n) is 2.64. The van der Waals surface area contributed by atoms with Crippen molar-refractivity contribution in [2.24, 2.45) is 0 Å². The van der Waals surface area contributed by atoms with Crippen LogP contribution in [0.3, 0.4) is 0 Å². The van der Waals surface area contributed by atoms with Crippen molar-refractivity contribution in [1.29, 1.82) is 0 Å². The van der Waals surface area contributed by atoms with Gasteiger partial charge in [0.1, 0.15) is 0 Å². The summed E-state index contributed by atoms with van der Waals surface area (Å²) in [6.07, 6.45) is 6.33. The lowest BCUT2D eigenvalue weighted by atomic mass is 9.96. The summed E-state index contributed by atoms with van der Waals surface area (Å²) in [5, 5.41) is 5.71. The van der Waals surface area contributed by atoms with Gasteiger partial charge in [-0.25, -0.2) is 17.9 Å². The number of carbonyl (C=O) groups is 1. The van der Waals surface area contributed by atoms with Crippen LogP contribution in [0.4, 0.5) is 10.5 Å². The van der Waals surface area contributed by atoms with Crippen molar-refractivity contribution in [2.75, 3.05) is 11.9 Å². The minimum absolute atomic E-state index is 0.198. The molecule has 1 aliphatic carbocycles. The maximum absolute atomic E-state index is 12.0. The van der Waals surface area contributed by atoms with Crippen LogP contribution in [0.25, 0.3) is 0 Å². The standard InChI is InChI=1S/C16H25N3O3S/c1-2-12-17-23(21,22)15-10-8-14(9-11-15)19-16(20)18-13-6-4-3-5-7-13/h8-11,13,17H,2-7,12H2,1H3,(H2,18,19,20). The van der Waals surface area contributed by atoms with E-state index in [1.54, 1.807) is 12.1 Å². The highest BCUT2D eigenvalue weighted by Gasteiger charge is 2.16. The second-order valence-electron chi connectivity index (χ2n) is 5.86. The number of anilines is 1. The Hall–Kier alpha value is -1.60. The van der Waals surface area contributed by atoms with E-state index in [1.165, 1.54) is 18.6 Å². The van der Waals surface area contributed by atoms with Crippen molar-refractivity contribution >= 4 is 21.7 Å². The lowest BCUT2D eigenvalue weighted by molar-refractivity contribution is 0.244. The summed E-state index contributed by atoms with van der Waals surface area (Å²) in [7, 11) is -3.47. The Labute approximate surface area is 138 Å². The summed E-state index contributed by atoms with van der Waals surface area (Å²) < 4.78 is 26.5. The van der Waals surface area contributed by atoms with E-state index in [1.807, 2.05) is 6.92 Å². The molecule has 1 aromatic rings. The zero-order valence-electron chi connectivity index (χ0n) is 13.5. The van der Waals surface area contributed by atoms with Gasteiger partial charge in [-0.1, -0.05) is 26.2 Å². The van der Waals surface area contributed by atoms with Gasteiger partial charge in [-0.05, 0) is 43.5 Å². The van der Waals surface area contributed by atoms with E-state index >= 15 is 0 Å². The Morgan fingerprint density at radius 1 is 1.13 bits per heavy atom. The number of hydrogen-bond donors (Lipinski definition) is 3. The van der Waals surface area contributed by atoms with Crippen LogP contribution < -0.4 is 15.4 Å². The highest BCUT2D eigenvalue weighted by molar-refractivity contribution is 7.89. The molecule has 0 spiro atoms. The highest BCUT2D eigenvalue weighted by atomic mass is 32.2. The number of benzene rings is 1. The van der Waals surface area contributed by atoms with Crippen LogP contribution in [0.1, 0.15) is 45.4 Å². The van der Waals surface area contributed by atoms with Crippen molar-refractivity contribution in [2.45, 2.75) is 56.4 Å². The van der Waals surface area contributed by atoms with Gasteiger partial charge in [0, 0.05) is 18.3 Å². The van der Waals surface area contributed by atoms with Crippen molar-refractivity contribution in [3.8, 4) is 0 Å². The molecule has 2 amide bonds. The number of rotatable bonds is 6. The monoisotopic (exact) mass is 339 g/mol. The molecule has 1 aliphatic rings. The number of sulfonamides is 1. The third kappa shape index (κ3) is 5.51. The van der Waals surface area contributed by atoms with Gasteiger partial charge in [0.25, 0.3) is 0 Å². The van der Waals surface area contributed by atoms with E-state index < -0.39 is 10.0 Å². The van der Waals surface area contributed by atoms with Crippen LogP contribution in [-0.2, 0) is 10.0 Å². The van der Waals surface area contributed by atoms with E-state index in [9.17, 15) is 13.2 Å². The number of nitrogens with one attached hydrogen (secondary N) is 3. The Bertz CT molecular complexity index is 608. The fraction of sp³-hybridized carbons (Fsp3) is 0.562. The first-order chi connectivity index (χ1) is 11.0. The Morgan fingerprint density at radius 3 is 2.39 bits per heavy atom. The van der Waals surface area contributed by atoms with E-state index in [2.05, 4.69) is 15.4 Å². The van der Waals surface area contributed by atoms with E-state index in [0.29, 0.717) is 12.2 Å². The Morgan fingerprint density at radius 2 is 1.78 bits per heavy atom. The van der Waals surface area contributed by atoms with E-state index in [-0.39, 0.29) is 17.0 Å². The van der Waals surface area contributed by atoms with Gasteiger partial charge in [0.15, 0.2) is 0 Å². The molecule has 128 valence electrons. The second-order valence-corrected chi connectivity index (χ2v) is 7.62. The first-order valence-electron chi connectivity index (χ1n) is 8.18. The lowest BCUT2D eigenvalue weighted by Gasteiger charge is -2.22. The molecule has 1 saturated carbocycles. The largest absolute Gasteiger partial charge is 0.335 e. The van der Waals surface area contributed by atoms with Crippen molar-refractivity contribution in [1.82, 2.24) is 10.0 Å². The molecular formula is C16H25N3O3S. The third-order valence-corrected chi connectivity index (χ3v) is 5.38. The van der Waals surface area contributed by atoms with Gasteiger partial charge in [-0.3, -0.25) is 0 Å². The van der Waals surface area contributed by atoms with E-state index in [0.717, 1.165) is 32.1 Å². The predicted molar refractivity (Wildman–Crippen MR) is 90.9 cm³/mol. The number of carbonyl (C=O) groups excluding carboxylic acids is 1. The molecule has 0 aliphatic heterocycles. The van der Waals surface area contributed by atoms with Crippen LogP contribution in [0, 0.1) is 0 Å². The minimum Gasteiger partial charge on any atom is -0.335 e. The van der Waals surface area contributed by atoms with Crippen molar-refractivity contribution < 1.29 is 13.2 Å². The summed E-state index contributed by atoms with van der Waals surface area (Å²) in [6.45, 7) is 2.31. The summed E-state index contributed by atoms with van der Waals surface area (Å²) >= 11 is 0. The van der Waals surface area contributed by atoms with Gasteiger partial charge in [-0.2, -0.15) is 0 Å². The number of urea groups is 1. The highest BCUT2D eigenvalue weighted by Crippen LogP contribution is 2.18. The average molecular weight is 339 g/mol. The van der Waals surface area contributed by atoms with Crippen molar-refractivity contribution in [3.05, 3.63) is 24.3 Å². The van der Waals surface area contributed by atoms with Gasteiger partial charge >= 0.3 is 6.03 Å². The quantitative estimate of drug-likeness (QED) is 0.745. The van der Waals surface area contributed by atoms with Crippen LogP contribution in [-0.4, -0.2) is 27.0 Å². The van der Waals surface area contributed by atoms with E-state index in [4.69, 9.17) is 0 Å². The maximum atomic E-state index is 12.0. The first kappa shape index (κ1) is 17.7. The Balaban J connectivity index is 1.90. The van der Waals surface area contributed by atoms with Gasteiger partial charge in [0.05, 0.1) is 4.90 Å². The topological polar surface area (TPSA) is 87.3 Å². The summed E-state index contributed by atoms with van der Waals surface area (Å²) in [6, 6.07) is 6.18. The molecule has 0 aromatic heterocycles. The molecule has 1 fully saturated rings. The van der Waals surface area contributed by atoms with Crippen LogP contribution in [0.2, 0.25) is 0 Å². The van der Waals surface area contributed by atoms with Gasteiger partial charge in [-0.15, -0.1) is 0 Å². The van der Waals surface area contributed by atoms with Gasteiger partial charge < -0.3 is 10.6 Å². The predicted octanol–water partition coefficient (Wildman–Crippen LogP) is 2.83. The fourth-order valence-corrected chi connectivity index (χ4v) is 3.77. The smallest absolute Gasteiger partial charge is 0.319 e. The lowest BCUT2D eigenvalue weighted by Crippen LogP contribution is -2.39. The normalized spacial score (nSPS) is 16.0. The van der Waals surface area contributed by atoms with Crippen LogP contribution in [0.15, 0.2) is 29.2 Å². The number of hydrogen-bond acceptors (Lipinski definition) is 3. The first-order valence-corrected chi connectivity index (χ1v) is 9.67. The molecule has 23 heavy (non-hydrogen) atoms. The average Bonchev–Trinajstić information content (AvgIpc) is 2.54. The summed E-state index contributed by atoms with van der Waals surface area (Å²) in [5.41, 5.74) is 0.577. The molecule has 0 saturated heterocycles. The van der Waals surface area contributed by atoms with Crippen LogP contribution >= 0.6 is 0 Å². The molecule has 0 atom stereocenters. The van der Waals surface area contributed by atoms with Crippen LogP contribution in [0.5, 0.6) is 0 Å². The molecule has 7 heteroatoms. The molecule has 3 N–H and O–H groups in total. The maximum Gasteiger partial charge on any atom is 0.319 e. The second kappa shape index (κ2) is 8.31. The molecule has 1 aromatic carbocycles. The molecule has 0 radical (unpaired) electrons. The summed E-state index contributed by atoms with van der Waals surface area (Å²) in [4.78, 5) is 12.1. The SMILES string of the molecule is CCCNS(=O)(=O)c1ccc(NC(=O)NC2CCCCC2)cc1.